The second kappa shape index (κ2) is 13.6. The molecule has 3 heterocycles. The van der Waals surface area contributed by atoms with Gasteiger partial charge in [-0.25, -0.2) is 0 Å². The first-order valence-electron chi connectivity index (χ1n) is 12.0. The average Bonchev–Trinajstić information content (AvgIpc) is 2.82. The van der Waals surface area contributed by atoms with Crippen LogP contribution in [0, 0.1) is 71.6 Å². The third kappa shape index (κ3) is 7.93. The fraction of sp³-hybridized carbons (Fsp3) is 0.464. The van der Waals surface area contributed by atoms with Crippen LogP contribution in [0.4, 0.5) is 0 Å². The number of amides is 2. The zero-order valence-electron chi connectivity index (χ0n) is 20.9. The molecule has 1 aromatic carbocycles. The van der Waals surface area contributed by atoms with E-state index in [0.29, 0.717) is 18.0 Å². The van der Waals surface area contributed by atoms with Crippen molar-refractivity contribution in [2.75, 3.05) is 26.7 Å². The maximum atomic E-state index is 12.4. The number of nitrogens with zero attached hydrogens (tertiary/aromatic N) is 3. The number of benzene rings is 1. The molecule has 1 aromatic heterocycles. The van der Waals surface area contributed by atoms with Crippen molar-refractivity contribution in [1.82, 2.24) is 14.8 Å². The molecule has 1 spiro atoms. The molecule has 2 amide bonds. The van der Waals surface area contributed by atoms with Gasteiger partial charge >= 0.3 is 46.9 Å². The Kier molecular flexibility index (Phi) is 11.5. The molecule has 2 aliphatic rings. The van der Waals surface area contributed by atoms with Gasteiger partial charge in [-0.3, -0.25) is 9.78 Å². The van der Waals surface area contributed by atoms with E-state index in [1.165, 1.54) is 5.56 Å². The van der Waals surface area contributed by atoms with Crippen LogP contribution < -0.4 is 0 Å². The van der Waals surface area contributed by atoms with Crippen molar-refractivity contribution in [1.29, 1.82) is 0 Å². The number of likely N-dealkylation sites (tertiary alicyclic amines) is 2. The van der Waals surface area contributed by atoms with E-state index in [2.05, 4.69) is 29.2 Å². The van der Waals surface area contributed by atoms with Crippen molar-refractivity contribution in [2.45, 2.75) is 46.0 Å². The van der Waals surface area contributed by atoms with Gasteiger partial charge in [0.1, 0.15) is 0 Å². The number of hydrogen-bond acceptors (Lipinski definition) is 4. The third-order valence-corrected chi connectivity index (χ3v) is 6.87. The van der Waals surface area contributed by atoms with E-state index in [-0.39, 0.29) is 70.1 Å². The van der Waals surface area contributed by atoms with Crippen LogP contribution in [-0.2, 0) is 14.4 Å². The molecule has 0 bridgehead atoms. The summed E-state index contributed by atoms with van der Waals surface area (Å²) in [5.74, 6) is 0.995. The summed E-state index contributed by atoms with van der Waals surface area (Å²) in [5, 5.41) is 0. The van der Waals surface area contributed by atoms with Gasteiger partial charge in [-0.15, -0.1) is 6.07 Å². The van der Waals surface area contributed by atoms with E-state index in [4.69, 9.17) is 0 Å². The third-order valence-electron chi connectivity index (χ3n) is 6.87. The summed E-state index contributed by atoms with van der Waals surface area (Å²) in [6, 6.07) is 15.8. The minimum atomic E-state index is -0.0143. The van der Waals surface area contributed by atoms with E-state index in [0.717, 1.165) is 38.2 Å². The van der Waals surface area contributed by atoms with Crippen molar-refractivity contribution in [2.24, 2.45) is 11.3 Å². The Morgan fingerprint density at radius 3 is 2.31 bits per heavy atom. The first kappa shape index (κ1) is 29.6. The number of carbonyl (C=O) groups is 2. The fourth-order valence-corrected chi connectivity index (χ4v) is 4.96. The zero-order chi connectivity index (χ0) is 24.7. The van der Waals surface area contributed by atoms with E-state index in [9.17, 15) is 14.4 Å². The maximum absolute atomic E-state index is 12.4. The van der Waals surface area contributed by atoms with Crippen molar-refractivity contribution < 1.29 is 61.3 Å². The molecular formula is C28H35N3O3Yb. The minimum Gasteiger partial charge on any atom is -0.417 e. The molecule has 4 rings (SSSR count). The van der Waals surface area contributed by atoms with E-state index < -0.39 is 0 Å². The largest absolute Gasteiger partial charge is 2.00 e. The van der Waals surface area contributed by atoms with Gasteiger partial charge in [-0.2, -0.15) is 12.0 Å². The summed E-state index contributed by atoms with van der Waals surface area (Å²) in [4.78, 5) is 42.4. The minimum absolute atomic E-state index is 0. The number of likely N-dealkylation sites (N-methyl/N-ethyl adjacent to an activating group) is 1. The number of pyridine rings is 1. The van der Waals surface area contributed by atoms with Gasteiger partial charge in [0.05, 0.1) is 5.91 Å². The summed E-state index contributed by atoms with van der Waals surface area (Å²) >= 11 is 0. The van der Waals surface area contributed by atoms with Gasteiger partial charge in [-0.1, -0.05) is 55.9 Å². The summed E-state index contributed by atoms with van der Waals surface area (Å²) in [7, 11) is 1.90. The predicted molar refractivity (Wildman–Crippen MR) is 133 cm³/mol. The van der Waals surface area contributed by atoms with Crippen molar-refractivity contribution in [3.05, 3.63) is 71.9 Å². The van der Waals surface area contributed by atoms with Crippen LogP contribution in [0.2, 0.25) is 0 Å². The molecule has 0 saturated carbocycles. The van der Waals surface area contributed by atoms with Crippen LogP contribution in [0.3, 0.4) is 0 Å². The number of piperidine rings is 2. The maximum Gasteiger partial charge on any atom is 2.00 e. The van der Waals surface area contributed by atoms with Crippen molar-refractivity contribution >= 4 is 18.1 Å². The van der Waals surface area contributed by atoms with Crippen molar-refractivity contribution in [3.63, 3.8) is 0 Å². The molecule has 0 N–H and O–H groups in total. The van der Waals surface area contributed by atoms with Crippen LogP contribution in [0.1, 0.15) is 56.0 Å². The quantitative estimate of drug-likeness (QED) is 0.478. The van der Waals surface area contributed by atoms with Crippen LogP contribution in [-0.4, -0.2) is 59.6 Å². The average molecular weight is 635 g/mol. The number of hydrogen-bond donors (Lipinski definition) is 0. The number of aryl methyl sites for hydroxylation is 1. The smallest absolute Gasteiger partial charge is 0.417 e. The predicted octanol–water partition coefficient (Wildman–Crippen LogP) is 3.95. The standard InChI is InChI=1S/C21H29N2O2.C7H6NO.Yb/c1-16(2)13-19(24)23-11-9-21(10-12-23)14-20(25)22(3)15-18(21)17-7-5-4-6-8-17;1-6-3-2-4-7(5-9)8-6;/h4-8,13,16,18H,9-12,14-15H2,1-3H3;2-4H,1H3;/q2*-1;+2. The van der Waals surface area contributed by atoms with Gasteiger partial charge in [-0.05, 0) is 30.7 Å². The van der Waals surface area contributed by atoms with Gasteiger partial charge in [0, 0.05) is 51.0 Å². The van der Waals surface area contributed by atoms with Crippen LogP contribution in [0.15, 0.2) is 48.5 Å². The Hall–Kier alpha value is -1.63. The van der Waals surface area contributed by atoms with Gasteiger partial charge in [0.2, 0.25) is 5.91 Å². The Morgan fingerprint density at radius 1 is 1.11 bits per heavy atom. The molecule has 1 unspecified atom stereocenters. The molecular weight excluding hydrogens is 599 g/mol. The Morgan fingerprint density at radius 2 is 1.77 bits per heavy atom. The first-order chi connectivity index (χ1) is 16.2. The van der Waals surface area contributed by atoms with E-state index in [1.807, 2.05) is 49.8 Å². The van der Waals surface area contributed by atoms with E-state index >= 15 is 0 Å². The second-order valence-electron chi connectivity index (χ2n) is 9.78. The molecule has 194 valence electrons. The summed E-state index contributed by atoms with van der Waals surface area (Å²) < 4.78 is 0. The SMILES string of the molecule is CC(C)[CH-]C(=O)N1CCC2(CC1)CC(=O)N(C)CC2c1ccccc1.Cc1cccc([C-]=O)n1.[Yb+2]. The molecule has 2 aromatic rings. The number of rotatable bonds is 4. The summed E-state index contributed by atoms with van der Waals surface area (Å²) in [5.41, 5.74) is 2.51. The summed E-state index contributed by atoms with van der Waals surface area (Å²) in [6.07, 6.45) is 5.91. The van der Waals surface area contributed by atoms with Crippen LogP contribution in [0.25, 0.3) is 0 Å². The second-order valence-corrected chi connectivity index (χ2v) is 9.78. The van der Waals surface area contributed by atoms with Gasteiger partial charge < -0.3 is 25.8 Å². The van der Waals surface area contributed by atoms with Crippen molar-refractivity contribution in [3.8, 4) is 0 Å². The van der Waals surface area contributed by atoms with Gasteiger partial charge in [0.25, 0.3) is 0 Å². The Labute approximate surface area is 248 Å². The van der Waals surface area contributed by atoms with Crippen LogP contribution in [0.5, 0.6) is 0 Å². The molecule has 2 aliphatic heterocycles. The van der Waals surface area contributed by atoms with E-state index in [1.54, 1.807) is 24.8 Å². The number of aromatic nitrogens is 1. The first-order valence-corrected chi connectivity index (χ1v) is 12.0. The molecule has 35 heavy (non-hydrogen) atoms. The molecule has 1 atom stereocenters. The zero-order valence-corrected chi connectivity index (χ0v) is 22.6. The molecule has 0 aliphatic carbocycles. The number of carbonyl (C=O) groups excluding carboxylic acids is 3. The normalized spacial score (nSPS) is 18.9. The summed E-state index contributed by atoms with van der Waals surface area (Å²) in [6.45, 7) is 8.18. The monoisotopic (exact) mass is 635 g/mol. The van der Waals surface area contributed by atoms with Crippen LogP contribution >= 0.6 is 0 Å². The topological polar surface area (TPSA) is 70.6 Å². The molecule has 0 radical (unpaired) electrons. The molecule has 6 nitrogen and oxygen atoms in total. The molecule has 2 saturated heterocycles. The van der Waals surface area contributed by atoms with Gasteiger partial charge in [0.15, 0.2) is 0 Å². The molecule has 7 heteroatoms. The fourth-order valence-electron chi connectivity index (χ4n) is 4.96. The molecule has 2 fully saturated rings. The Balaban J connectivity index is 0.000000366. The Bertz CT molecular complexity index is 988.